The maximum atomic E-state index is 12.5. The quantitative estimate of drug-likeness (QED) is 0.294. The maximum Gasteiger partial charge on any atom is 0.337 e. The first-order valence-electron chi connectivity index (χ1n) is 6.58. The number of benzene rings is 2. The van der Waals surface area contributed by atoms with Gasteiger partial charge in [0.05, 0.1) is 28.2 Å². The van der Waals surface area contributed by atoms with Crippen molar-refractivity contribution in [3.05, 3.63) is 67.3 Å². The zero-order valence-electron chi connectivity index (χ0n) is 12.4. The number of esters is 1. The molecule has 0 saturated heterocycles. The molecule has 126 valence electrons. The molecule has 0 spiro atoms. The van der Waals surface area contributed by atoms with E-state index in [-0.39, 0.29) is 21.9 Å². The summed E-state index contributed by atoms with van der Waals surface area (Å²) in [5.41, 5.74) is 0.595. The van der Waals surface area contributed by atoms with Crippen LogP contribution in [-0.4, -0.2) is 26.4 Å². The van der Waals surface area contributed by atoms with Gasteiger partial charge in [0.1, 0.15) is 0 Å². The van der Waals surface area contributed by atoms with Crippen molar-refractivity contribution < 1.29 is 22.9 Å². The monoisotopic (exact) mass is 461 g/mol. The summed E-state index contributed by atoms with van der Waals surface area (Å²) >= 11 is 1.84. The van der Waals surface area contributed by atoms with Crippen molar-refractivity contribution in [3.8, 4) is 0 Å². The van der Waals surface area contributed by atoms with E-state index < -0.39 is 20.7 Å². The number of hydrogen-bond donors (Lipinski definition) is 0. The highest BCUT2D eigenvalue weighted by Crippen LogP contribution is 2.24. The predicted molar refractivity (Wildman–Crippen MR) is 94.5 cm³/mol. The highest BCUT2D eigenvalue weighted by Gasteiger charge is 2.20. The third-order valence-electron chi connectivity index (χ3n) is 3.19. The molecule has 2 aromatic rings. The van der Waals surface area contributed by atoms with Crippen LogP contribution in [0.4, 0.5) is 5.69 Å². The van der Waals surface area contributed by atoms with Crippen LogP contribution in [0.3, 0.4) is 0 Å². The lowest BCUT2D eigenvalue weighted by Crippen LogP contribution is -2.09. The minimum absolute atomic E-state index is 0.0918. The summed E-state index contributed by atoms with van der Waals surface area (Å²) in [6.45, 7) is 0. The van der Waals surface area contributed by atoms with E-state index in [1.165, 1.54) is 49.6 Å². The molecule has 0 fully saturated rings. The maximum absolute atomic E-state index is 12.5. The zero-order valence-corrected chi connectivity index (χ0v) is 15.4. The van der Waals surface area contributed by atoms with Gasteiger partial charge in [-0.15, -0.1) is 0 Å². The molecule has 0 aliphatic rings. The van der Waals surface area contributed by atoms with Crippen LogP contribution in [0.5, 0.6) is 0 Å². The number of rotatable bonds is 5. The third-order valence-corrected chi connectivity index (χ3v) is 6.19. The summed E-state index contributed by atoms with van der Waals surface area (Å²) in [6.07, 6.45) is 0. The van der Waals surface area contributed by atoms with Gasteiger partial charge in [-0.05, 0) is 46.4 Å². The van der Waals surface area contributed by atoms with Gasteiger partial charge in [0, 0.05) is 15.7 Å². The molecular weight excluding hydrogens is 449 g/mol. The fourth-order valence-electron chi connectivity index (χ4n) is 2.01. The molecule has 24 heavy (non-hydrogen) atoms. The first kappa shape index (κ1) is 18.3. The number of nitro benzene ring substituents is 1. The van der Waals surface area contributed by atoms with Crippen molar-refractivity contribution in [2.75, 3.05) is 7.11 Å². The van der Waals surface area contributed by atoms with E-state index in [0.29, 0.717) is 9.13 Å². The van der Waals surface area contributed by atoms with Gasteiger partial charge in [0.2, 0.25) is 0 Å². The lowest BCUT2D eigenvalue weighted by atomic mass is 10.2. The van der Waals surface area contributed by atoms with Crippen molar-refractivity contribution >= 4 is 44.1 Å². The molecule has 0 unspecified atom stereocenters. The standard InChI is InChI=1S/C15H12INO6S/c1-23-15(18)11-4-7-14(13(16)8-11)24(21,22)9-10-2-5-12(6-3-10)17(19)20/h2-8H,9H2,1H3. The molecule has 0 aromatic heterocycles. The fraction of sp³-hybridized carbons (Fsp3) is 0.133. The number of sulfone groups is 1. The molecule has 0 radical (unpaired) electrons. The Morgan fingerprint density at radius 3 is 2.33 bits per heavy atom. The van der Waals surface area contributed by atoms with Gasteiger partial charge in [-0.2, -0.15) is 0 Å². The number of non-ortho nitro benzene ring substituents is 1. The highest BCUT2D eigenvalue weighted by atomic mass is 127. The second-order valence-electron chi connectivity index (χ2n) is 4.82. The molecule has 7 nitrogen and oxygen atoms in total. The Hall–Kier alpha value is -2.01. The molecule has 0 bridgehead atoms. The molecule has 0 saturated carbocycles. The van der Waals surface area contributed by atoms with E-state index in [2.05, 4.69) is 4.74 Å². The molecule has 0 aliphatic carbocycles. The number of methoxy groups -OCH3 is 1. The van der Waals surface area contributed by atoms with Crippen LogP contribution in [0.1, 0.15) is 15.9 Å². The summed E-state index contributed by atoms with van der Waals surface area (Å²) in [5.74, 6) is -0.842. The number of hydrogen-bond acceptors (Lipinski definition) is 6. The molecule has 2 rings (SSSR count). The minimum atomic E-state index is -3.66. The van der Waals surface area contributed by atoms with Gasteiger partial charge >= 0.3 is 5.97 Å². The predicted octanol–water partition coefficient (Wildman–Crippen LogP) is 2.96. The molecule has 0 atom stereocenters. The highest BCUT2D eigenvalue weighted by molar-refractivity contribution is 14.1. The van der Waals surface area contributed by atoms with E-state index in [1.807, 2.05) is 22.6 Å². The number of carbonyl (C=O) groups excluding carboxylic acids is 1. The normalized spacial score (nSPS) is 11.1. The van der Waals surface area contributed by atoms with E-state index >= 15 is 0 Å². The first-order chi connectivity index (χ1) is 11.2. The lowest BCUT2D eigenvalue weighted by molar-refractivity contribution is -0.384. The van der Waals surface area contributed by atoms with E-state index in [9.17, 15) is 23.3 Å². The average Bonchev–Trinajstić information content (AvgIpc) is 2.53. The van der Waals surface area contributed by atoms with Crippen LogP contribution in [0.25, 0.3) is 0 Å². The number of nitrogens with zero attached hydrogens (tertiary/aromatic N) is 1. The molecule has 0 amide bonds. The summed E-state index contributed by atoms with van der Waals surface area (Å²) in [7, 11) is -2.41. The van der Waals surface area contributed by atoms with E-state index in [4.69, 9.17) is 0 Å². The van der Waals surface area contributed by atoms with Crippen molar-refractivity contribution in [2.45, 2.75) is 10.6 Å². The van der Waals surface area contributed by atoms with Crippen LogP contribution in [0, 0.1) is 13.7 Å². The smallest absolute Gasteiger partial charge is 0.337 e. The Morgan fingerprint density at radius 2 is 1.83 bits per heavy atom. The van der Waals surface area contributed by atoms with Crippen molar-refractivity contribution in [2.24, 2.45) is 0 Å². The van der Waals surface area contributed by atoms with Gasteiger partial charge in [-0.1, -0.05) is 12.1 Å². The van der Waals surface area contributed by atoms with Gasteiger partial charge in [0.15, 0.2) is 9.84 Å². The molecule has 0 heterocycles. The van der Waals surface area contributed by atoms with E-state index in [0.717, 1.165) is 0 Å². The molecule has 2 aromatic carbocycles. The number of halogens is 1. The zero-order chi connectivity index (χ0) is 17.9. The van der Waals surface area contributed by atoms with Gasteiger partial charge in [-0.25, -0.2) is 13.2 Å². The summed E-state index contributed by atoms with van der Waals surface area (Å²) in [6, 6.07) is 9.52. The molecular formula is C15H12INO6S. The average molecular weight is 461 g/mol. The van der Waals surface area contributed by atoms with Crippen molar-refractivity contribution in [1.82, 2.24) is 0 Å². The lowest BCUT2D eigenvalue weighted by Gasteiger charge is -2.08. The minimum Gasteiger partial charge on any atom is -0.465 e. The first-order valence-corrected chi connectivity index (χ1v) is 9.31. The largest absolute Gasteiger partial charge is 0.465 e. The van der Waals surface area contributed by atoms with Gasteiger partial charge < -0.3 is 4.74 Å². The fourth-order valence-corrected chi connectivity index (χ4v) is 4.95. The molecule has 9 heteroatoms. The van der Waals surface area contributed by atoms with Crippen LogP contribution in [-0.2, 0) is 20.3 Å². The number of nitro groups is 1. The Kier molecular flexibility index (Phi) is 5.54. The van der Waals surface area contributed by atoms with Crippen LogP contribution >= 0.6 is 22.6 Å². The second kappa shape index (κ2) is 7.26. The summed E-state index contributed by atoms with van der Waals surface area (Å²) in [4.78, 5) is 21.6. The Morgan fingerprint density at radius 1 is 1.21 bits per heavy atom. The molecule has 0 aliphatic heterocycles. The Labute approximate surface area is 151 Å². The summed E-state index contributed by atoms with van der Waals surface area (Å²) < 4.78 is 30.1. The third kappa shape index (κ3) is 4.09. The van der Waals surface area contributed by atoms with Crippen LogP contribution in [0.2, 0.25) is 0 Å². The van der Waals surface area contributed by atoms with Gasteiger partial charge in [0.25, 0.3) is 5.69 Å². The number of ether oxygens (including phenoxy) is 1. The van der Waals surface area contributed by atoms with Crippen molar-refractivity contribution in [3.63, 3.8) is 0 Å². The second-order valence-corrected chi connectivity index (χ2v) is 7.94. The van der Waals surface area contributed by atoms with Gasteiger partial charge in [-0.3, -0.25) is 10.1 Å². The number of carbonyl (C=O) groups is 1. The Bertz CT molecular complexity index is 893. The summed E-state index contributed by atoms with van der Waals surface area (Å²) in [5, 5.41) is 10.6. The van der Waals surface area contributed by atoms with Crippen LogP contribution in [0.15, 0.2) is 47.4 Å². The topological polar surface area (TPSA) is 104 Å². The van der Waals surface area contributed by atoms with Crippen molar-refractivity contribution in [1.29, 1.82) is 0 Å². The van der Waals surface area contributed by atoms with E-state index in [1.54, 1.807) is 0 Å². The Balaban J connectivity index is 2.30. The SMILES string of the molecule is COC(=O)c1ccc(S(=O)(=O)Cc2ccc([N+](=O)[O-])cc2)c(I)c1. The molecule has 0 N–H and O–H groups in total. The van der Waals surface area contributed by atoms with Crippen LogP contribution < -0.4 is 0 Å².